The van der Waals surface area contributed by atoms with Gasteiger partial charge in [0.15, 0.2) is 5.13 Å². The van der Waals surface area contributed by atoms with Gasteiger partial charge in [0.05, 0.1) is 37.5 Å². The first kappa shape index (κ1) is 14.4. The van der Waals surface area contributed by atoms with E-state index in [1.165, 1.54) is 0 Å². The van der Waals surface area contributed by atoms with Crippen LogP contribution in [0.1, 0.15) is 4.88 Å². The van der Waals surface area contributed by atoms with Crippen molar-refractivity contribution in [3.8, 4) is 11.8 Å². The van der Waals surface area contributed by atoms with Gasteiger partial charge < -0.3 is 19.7 Å². The molecule has 2 rings (SSSR count). The Hall–Kier alpha value is -2.02. The van der Waals surface area contributed by atoms with Crippen LogP contribution in [0.2, 0.25) is 0 Å². The number of nitrogens with zero attached hydrogens (tertiary/aromatic N) is 3. The molecule has 0 aliphatic rings. The Balaban J connectivity index is 2.05. The molecule has 2 heterocycles. The first-order valence-electron chi connectivity index (χ1n) is 6.09. The van der Waals surface area contributed by atoms with Gasteiger partial charge in [0.25, 0.3) is 0 Å². The molecule has 0 saturated heterocycles. The summed E-state index contributed by atoms with van der Waals surface area (Å²) < 4.78 is 10.3. The van der Waals surface area contributed by atoms with Crippen molar-refractivity contribution in [1.29, 1.82) is 0 Å². The molecule has 20 heavy (non-hydrogen) atoms. The molecule has 0 bridgehead atoms. The maximum Gasteiger partial charge on any atom is 0.231 e. The van der Waals surface area contributed by atoms with Gasteiger partial charge in [-0.15, -0.1) is 0 Å². The van der Waals surface area contributed by atoms with Crippen LogP contribution in [-0.4, -0.2) is 38.3 Å². The molecular weight excluding hydrogens is 276 g/mol. The average Bonchev–Trinajstić information content (AvgIpc) is 2.89. The molecule has 2 aromatic rings. The summed E-state index contributed by atoms with van der Waals surface area (Å²) in [7, 11) is 7.15. The zero-order valence-corrected chi connectivity index (χ0v) is 12.8. The normalized spacial score (nSPS) is 10.2. The summed E-state index contributed by atoms with van der Waals surface area (Å²) >= 11 is 1.60. The Morgan fingerprint density at radius 1 is 1.25 bits per heavy atom. The van der Waals surface area contributed by atoms with E-state index in [9.17, 15) is 0 Å². The highest BCUT2D eigenvalue weighted by molar-refractivity contribution is 7.15. The van der Waals surface area contributed by atoms with Crippen molar-refractivity contribution >= 4 is 22.2 Å². The second kappa shape index (κ2) is 6.42. The lowest BCUT2D eigenvalue weighted by Crippen LogP contribution is -2.07. The molecule has 7 heteroatoms. The Labute approximate surface area is 122 Å². The van der Waals surface area contributed by atoms with Gasteiger partial charge in [-0.05, 0) is 6.07 Å². The fourth-order valence-corrected chi connectivity index (χ4v) is 2.47. The van der Waals surface area contributed by atoms with Gasteiger partial charge >= 0.3 is 0 Å². The first-order chi connectivity index (χ1) is 9.63. The standard InChI is InChI=1S/C13H18N4O2S/c1-17(2)13-16-12(19-4)10(20-13)8-14-9-5-6-11(18-3)15-7-9/h5-7,14H,8H2,1-4H3. The topological polar surface area (TPSA) is 59.5 Å². The number of rotatable bonds is 6. The Bertz CT molecular complexity index is 554. The molecule has 0 radical (unpaired) electrons. The van der Waals surface area contributed by atoms with Crippen LogP contribution in [0.5, 0.6) is 11.8 Å². The van der Waals surface area contributed by atoms with Gasteiger partial charge in [0.2, 0.25) is 11.8 Å². The van der Waals surface area contributed by atoms with Gasteiger partial charge in [-0.1, -0.05) is 11.3 Å². The zero-order chi connectivity index (χ0) is 14.5. The lowest BCUT2D eigenvalue weighted by atomic mass is 10.4. The van der Waals surface area contributed by atoms with Crippen LogP contribution < -0.4 is 19.7 Å². The highest BCUT2D eigenvalue weighted by atomic mass is 32.1. The largest absolute Gasteiger partial charge is 0.481 e. The van der Waals surface area contributed by atoms with E-state index in [2.05, 4.69) is 15.3 Å². The van der Waals surface area contributed by atoms with Crippen molar-refractivity contribution in [2.45, 2.75) is 6.54 Å². The first-order valence-corrected chi connectivity index (χ1v) is 6.90. The van der Waals surface area contributed by atoms with Crippen LogP contribution in [0.3, 0.4) is 0 Å². The number of anilines is 2. The Morgan fingerprint density at radius 3 is 2.60 bits per heavy atom. The van der Waals surface area contributed by atoms with Gasteiger partial charge in [-0.3, -0.25) is 0 Å². The summed E-state index contributed by atoms with van der Waals surface area (Å²) in [4.78, 5) is 11.6. The molecule has 1 N–H and O–H groups in total. The van der Waals surface area contributed by atoms with Gasteiger partial charge in [0, 0.05) is 20.2 Å². The highest BCUT2D eigenvalue weighted by Crippen LogP contribution is 2.30. The lowest BCUT2D eigenvalue weighted by molar-refractivity contribution is 0.396. The number of ether oxygens (including phenoxy) is 2. The van der Waals surface area contributed by atoms with Crippen LogP contribution in [0.4, 0.5) is 10.8 Å². The van der Waals surface area contributed by atoms with Crippen molar-refractivity contribution in [3.05, 3.63) is 23.2 Å². The van der Waals surface area contributed by atoms with Crippen molar-refractivity contribution < 1.29 is 9.47 Å². The smallest absolute Gasteiger partial charge is 0.231 e. The number of hydrogen-bond acceptors (Lipinski definition) is 7. The molecule has 0 aliphatic heterocycles. The van der Waals surface area contributed by atoms with Gasteiger partial charge in [0.1, 0.15) is 0 Å². The highest BCUT2D eigenvalue weighted by Gasteiger charge is 2.12. The molecule has 0 atom stereocenters. The summed E-state index contributed by atoms with van der Waals surface area (Å²) in [6.45, 7) is 0.642. The van der Waals surface area contributed by atoms with Gasteiger partial charge in [-0.25, -0.2) is 4.98 Å². The summed E-state index contributed by atoms with van der Waals surface area (Å²) in [5.74, 6) is 1.26. The van der Waals surface area contributed by atoms with E-state index >= 15 is 0 Å². The van der Waals surface area contributed by atoms with Gasteiger partial charge in [-0.2, -0.15) is 4.98 Å². The Morgan fingerprint density at radius 2 is 2.05 bits per heavy atom. The summed E-state index contributed by atoms with van der Waals surface area (Å²) in [5.41, 5.74) is 0.924. The number of nitrogens with one attached hydrogen (secondary N) is 1. The SMILES string of the molecule is COc1ccc(NCc2sc(N(C)C)nc2OC)cn1. The van der Waals surface area contributed by atoms with Crippen LogP contribution in [-0.2, 0) is 6.54 Å². The quantitative estimate of drug-likeness (QED) is 0.881. The molecule has 0 spiro atoms. The maximum absolute atomic E-state index is 5.30. The van der Waals surface area contributed by atoms with Crippen molar-refractivity contribution in [1.82, 2.24) is 9.97 Å². The minimum absolute atomic E-state index is 0.598. The molecule has 0 fully saturated rings. The number of hydrogen-bond donors (Lipinski definition) is 1. The maximum atomic E-state index is 5.30. The van der Waals surface area contributed by atoms with E-state index in [-0.39, 0.29) is 0 Å². The Kier molecular flexibility index (Phi) is 4.62. The van der Waals surface area contributed by atoms with E-state index in [4.69, 9.17) is 9.47 Å². The van der Waals surface area contributed by atoms with E-state index in [0.29, 0.717) is 18.3 Å². The summed E-state index contributed by atoms with van der Waals surface area (Å²) in [6.07, 6.45) is 1.74. The molecule has 0 aliphatic carbocycles. The van der Waals surface area contributed by atoms with E-state index in [1.807, 2.05) is 31.1 Å². The minimum Gasteiger partial charge on any atom is -0.481 e. The molecule has 6 nitrogen and oxygen atoms in total. The minimum atomic E-state index is 0.598. The van der Waals surface area contributed by atoms with E-state index in [1.54, 1.807) is 31.8 Å². The number of pyridine rings is 1. The third kappa shape index (κ3) is 3.30. The molecule has 108 valence electrons. The number of aromatic nitrogens is 2. The second-order valence-electron chi connectivity index (χ2n) is 4.27. The fourth-order valence-electron chi connectivity index (χ4n) is 1.58. The zero-order valence-electron chi connectivity index (χ0n) is 12.0. The fraction of sp³-hybridized carbons (Fsp3) is 0.385. The third-order valence-corrected chi connectivity index (χ3v) is 3.83. The predicted molar refractivity (Wildman–Crippen MR) is 81.1 cm³/mol. The molecule has 0 aromatic carbocycles. The summed E-state index contributed by atoms with van der Waals surface area (Å²) in [5, 5.41) is 4.22. The third-order valence-electron chi connectivity index (χ3n) is 2.62. The molecule has 0 unspecified atom stereocenters. The van der Waals surface area contributed by atoms with Crippen molar-refractivity contribution in [2.24, 2.45) is 0 Å². The van der Waals surface area contributed by atoms with Crippen LogP contribution in [0, 0.1) is 0 Å². The van der Waals surface area contributed by atoms with E-state index in [0.717, 1.165) is 15.7 Å². The van der Waals surface area contributed by atoms with Crippen LogP contribution in [0.15, 0.2) is 18.3 Å². The van der Waals surface area contributed by atoms with Crippen LogP contribution in [0.25, 0.3) is 0 Å². The van der Waals surface area contributed by atoms with E-state index < -0.39 is 0 Å². The monoisotopic (exact) mass is 294 g/mol. The van der Waals surface area contributed by atoms with Crippen molar-refractivity contribution in [2.75, 3.05) is 38.5 Å². The van der Waals surface area contributed by atoms with Crippen LogP contribution >= 0.6 is 11.3 Å². The summed E-state index contributed by atoms with van der Waals surface area (Å²) in [6, 6.07) is 3.74. The number of thiazole rings is 1. The number of methoxy groups -OCH3 is 2. The predicted octanol–water partition coefficient (Wildman–Crippen LogP) is 2.23. The lowest BCUT2D eigenvalue weighted by Gasteiger charge is -2.06. The second-order valence-corrected chi connectivity index (χ2v) is 5.33. The van der Waals surface area contributed by atoms with Crippen molar-refractivity contribution in [3.63, 3.8) is 0 Å². The average molecular weight is 294 g/mol. The molecule has 0 amide bonds. The molecule has 2 aromatic heterocycles. The molecule has 0 saturated carbocycles. The molecular formula is C13H18N4O2S.